The summed E-state index contributed by atoms with van der Waals surface area (Å²) in [7, 11) is 0.817. The highest BCUT2D eigenvalue weighted by molar-refractivity contribution is 7.40. The molecule has 3 nitrogen and oxygen atoms in total. The van der Waals surface area contributed by atoms with Crippen LogP contribution >= 0.6 is 8.20 Å². The molecule has 0 N–H and O–H groups in total. The third-order valence-electron chi connectivity index (χ3n) is 5.23. The second kappa shape index (κ2) is 12.0. The number of para-hydroxylation sites is 2. The molecule has 3 rings (SSSR count). The fourth-order valence-corrected chi connectivity index (χ4v) is 5.00. The van der Waals surface area contributed by atoms with Crippen LogP contribution in [0.1, 0.15) is 50.8 Å². The molecule has 3 aromatic rings. The average molecular weight is 462 g/mol. The monoisotopic (exact) mass is 461 g/mol. The zero-order chi connectivity index (χ0) is 23.7. The van der Waals surface area contributed by atoms with Crippen molar-refractivity contribution in [3.8, 4) is 11.5 Å². The van der Waals surface area contributed by atoms with Crippen LogP contribution in [-0.2, 0) is 13.2 Å². The normalized spacial score (nSPS) is 12.9. The number of rotatable bonds is 10. The molecule has 0 spiro atoms. The molecule has 0 heterocycles. The molecule has 0 aliphatic rings. The highest BCUT2D eigenvalue weighted by Crippen LogP contribution is 2.28. The Kier molecular flexibility index (Phi) is 9.11. The summed E-state index contributed by atoms with van der Waals surface area (Å²) >= 11 is 0. The van der Waals surface area contributed by atoms with Gasteiger partial charge in [0.2, 0.25) is 0 Å². The highest BCUT2D eigenvalue weighted by atomic mass is 31.1. The summed E-state index contributed by atoms with van der Waals surface area (Å²) in [5, 5.41) is 13.5. The van der Waals surface area contributed by atoms with Crippen LogP contribution in [0.5, 0.6) is 11.5 Å². The Morgan fingerprint density at radius 1 is 0.788 bits per heavy atom. The van der Waals surface area contributed by atoms with E-state index in [4.69, 9.17) is 9.47 Å². The number of ether oxygens (including phenoxy) is 2. The van der Waals surface area contributed by atoms with Crippen molar-refractivity contribution in [3.05, 3.63) is 95.6 Å². The maximum absolute atomic E-state index is 13.5. The van der Waals surface area contributed by atoms with Crippen molar-refractivity contribution in [3.63, 3.8) is 0 Å². The number of hydrogen-bond donors (Lipinski definition) is 0. The Balaban J connectivity index is 1.84. The molecular formula is C29H34O3P-. The fraction of sp³-hybridized carbons (Fsp3) is 0.345. The van der Waals surface area contributed by atoms with Gasteiger partial charge < -0.3 is 14.6 Å². The molecular weight excluding hydrogens is 427 g/mol. The quantitative estimate of drug-likeness (QED) is 0.316. The molecule has 1 atom stereocenters. The Morgan fingerprint density at radius 3 is 1.73 bits per heavy atom. The summed E-state index contributed by atoms with van der Waals surface area (Å²) in [6.45, 7) is 9.66. The molecule has 0 amide bonds. The molecule has 174 valence electrons. The minimum Gasteiger partial charge on any atom is -0.824 e. The van der Waals surface area contributed by atoms with Gasteiger partial charge in [0.1, 0.15) is 24.7 Å². The van der Waals surface area contributed by atoms with E-state index in [1.54, 1.807) is 0 Å². The van der Waals surface area contributed by atoms with Gasteiger partial charge in [-0.1, -0.05) is 82.3 Å². The second-order valence-corrected chi connectivity index (χ2v) is 10.8. The zero-order valence-electron chi connectivity index (χ0n) is 20.1. The average Bonchev–Trinajstić information content (AvgIpc) is 2.80. The first-order valence-electron chi connectivity index (χ1n) is 11.5. The first kappa shape index (κ1) is 25.0. The summed E-state index contributed by atoms with van der Waals surface area (Å²) in [6.07, 6.45) is 1.94. The molecule has 3 aromatic carbocycles. The van der Waals surface area contributed by atoms with E-state index in [-0.39, 0.29) is 10.9 Å². The van der Waals surface area contributed by atoms with Crippen LogP contribution in [0.3, 0.4) is 0 Å². The van der Waals surface area contributed by atoms with Gasteiger partial charge in [-0.05, 0) is 64.9 Å². The van der Waals surface area contributed by atoms with Gasteiger partial charge in [0.05, 0.1) is 0 Å². The van der Waals surface area contributed by atoms with E-state index < -0.39 is 0 Å². The predicted octanol–water partition coefficient (Wildman–Crippen LogP) is 6.70. The minimum absolute atomic E-state index is 0.134. The molecule has 33 heavy (non-hydrogen) atoms. The predicted molar refractivity (Wildman–Crippen MR) is 137 cm³/mol. The van der Waals surface area contributed by atoms with Crippen LogP contribution in [0.15, 0.2) is 78.9 Å². The molecule has 1 unspecified atom stereocenters. The molecule has 0 saturated carbocycles. The summed E-state index contributed by atoms with van der Waals surface area (Å²) in [5.41, 5.74) is 2.92. The lowest BCUT2D eigenvalue weighted by molar-refractivity contribution is -0.207. The maximum atomic E-state index is 13.5. The molecule has 0 radical (unpaired) electrons. The van der Waals surface area contributed by atoms with E-state index in [0.717, 1.165) is 49.0 Å². The molecule has 0 aliphatic carbocycles. The summed E-state index contributed by atoms with van der Waals surface area (Å²) in [4.78, 5) is 0. The van der Waals surface area contributed by atoms with Crippen molar-refractivity contribution >= 4 is 13.7 Å². The molecule has 0 saturated heterocycles. The van der Waals surface area contributed by atoms with E-state index in [1.807, 2.05) is 78.9 Å². The van der Waals surface area contributed by atoms with Crippen molar-refractivity contribution in [2.24, 2.45) is 11.3 Å². The summed E-state index contributed by atoms with van der Waals surface area (Å²) < 4.78 is 12.0. The van der Waals surface area contributed by atoms with Crippen molar-refractivity contribution in [2.75, 3.05) is 6.16 Å². The largest absolute Gasteiger partial charge is 0.824 e. The SMILES string of the molecule is CC(CP=C([O-])c1c(COc2ccccc2)cccc1COc1ccccc1)CC(C)(C)C. The topological polar surface area (TPSA) is 41.5 Å². The lowest BCUT2D eigenvalue weighted by atomic mass is 9.86. The van der Waals surface area contributed by atoms with Gasteiger partial charge in [-0.25, -0.2) is 0 Å². The Morgan fingerprint density at radius 2 is 1.27 bits per heavy atom. The van der Waals surface area contributed by atoms with E-state index in [2.05, 4.69) is 27.7 Å². The lowest BCUT2D eigenvalue weighted by Crippen LogP contribution is -2.22. The van der Waals surface area contributed by atoms with Gasteiger partial charge in [0.15, 0.2) is 0 Å². The summed E-state index contributed by atoms with van der Waals surface area (Å²) in [6, 6.07) is 25.3. The first-order valence-corrected chi connectivity index (χ1v) is 12.6. The summed E-state index contributed by atoms with van der Waals surface area (Å²) in [5.74, 6) is 2.06. The van der Waals surface area contributed by atoms with Gasteiger partial charge in [0.25, 0.3) is 0 Å². The van der Waals surface area contributed by atoms with Crippen molar-refractivity contribution < 1.29 is 14.6 Å². The van der Waals surface area contributed by atoms with Crippen LogP contribution in [0.2, 0.25) is 0 Å². The molecule has 0 aromatic heterocycles. The Labute approximate surface area is 200 Å². The third kappa shape index (κ3) is 8.35. The van der Waals surface area contributed by atoms with E-state index in [0.29, 0.717) is 19.1 Å². The highest BCUT2D eigenvalue weighted by Gasteiger charge is 2.15. The molecule has 0 fully saturated rings. The minimum atomic E-state index is 0.134. The van der Waals surface area contributed by atoms with Crippen LogP contribution < -0.4 is 14.6 Å². The van der Waals surface area contributed by atoms with Crippen molar-refractivity contribution in [2.45, 2.75) is 47.3 Å². The van der Waals surface area contributed by atoms with E-state index in [9.17, 15) is 5.11 Å². The van der Waals surface area contributed by atoms with Crippen LogP contribution in [0.4, 0.5) is 0 Å². The van der Waals surface area contributed by atoms with Crippen LogP contribution in [-0.4, -0.2) is 11.6 Å². The lowest BCUT2D eigenvalue weighted by Gasteiger charge is -2.24. The zero-order valence-corrected chi connectivity index (χ0v) is 21.0. The van der Waals surface area contributed by atoms with Gasteiger partial charge in [-0.3, -0.25) is 0 Å². The molecule has 4 heteroatoms. The Hall–Kier alpha value is -2.61. The second-order valence-electron chi connectivity index (χ2n) is 9.67. The maximum Gasteiger partial charge on any atom is 0.119 e. The van der Waals surface area contributed by atoms with Gasteiger partial charge in [0, 0.05) is 0 Å². The van der Waals surface area contributed by atoms with Gasteiger partial charge >= 0.3 is 0 Å². The molecule has 0 bridgehead atoms. The van der Waals surface area contributed by atoms with Crippen molar-refractivity contribution in [1.29, 1.82) is 0 Å². The number of benzene rings is 3. The third-order valence-corrected chi connectivity index (χ3v) is 6.55. The fourth-order valence-electron chi connectivity index (χ4n) is 3.95. The Bertz CT molecular complexity index is 962. The van der Waals surface area contributed by atoms with Crippen LogP contribution in [0, 0.1) is 11.3 Å². The molecule has 0 aliphatic heterocycles. The van der Waals surface area contributed by atoms with E-state index in [1.165, 1.54) is 0 Å². The van der Waals surface area contributed by atoms with Crippen LogP contribution in [0.25, 0.3) is 0 Å². The van der Waals surface area contributed by atoms with Crippen molar-refractivity contribution in [1.82, 2.24) is 0 Å². The standard InChI is InChI=1S/C29H35O3P/c1-22(18-29(2,3)4)21-33-28(30)27-23(19-31-25-14-7-5-8-15-25)12-11-13-24(27)20-32-26-16-9-6-10-17-26/h5-17,22,30H,18-21H2,1-4H3/p-1. The van der Waals surface area contributed by atoms with E-state index >= 15 is 0 Å². The number of hydrogen-bond acceptors (Lipinski definition) is 3. The smallest absolute Gasteiger partial charge is 0.119 e. The first-order chi connectivity index (χ1) is 15.8. The van der Waals surface area contributed by atoms with Gasteiger partial charge in [-0.2, -0.15) is 0 Å². The van der Waals surface area contributed by atoms with Gasteiger partial charge in [-0.15, -0.1) is 13.7 Å².